The number of rotatable bonds is 3. The Kier molecular flexibility index (Phi) is 4.62. The van der Waals surface area contributed by atoms with Crippen molar-refractivity contribution in [1.29, 1.82) is 0 Å². The van der Waals surface area contributed by atoms with Crippen molar-refractivity contribution in [1.82, 2.24) is 10.2 Å². The summed E-state index contributed by atoms with van der Waals surface area (Å²) in [6.07, 6.45) is 0.246. The van der Waals surface area contributed by atoms with Gasteiger partial charge in [0.2, 0.25) is 5.91 Å². The minimum atomic E-state index is -0.646. The first-order valence-electron chi connectivity index (χ1n) is 7.43. The topological polar surface area (TPSA) is 58.6 Å². The second kappa shape index (κ2) is 6.83. The van der Waals surface area contributed by atoms with E-state index >= 15 is 0 Å². The second-order valence-corrected chi connectivity index (χ2v) is 6.34. The van der Waals surface area contributed by atoms with E-state index in [4.69, 9.17) is 4.74 Å². The average Bonchev–Trinajstić information content (AvgIpc) is 3.11. The summed E-state index contributed by atoms with van der Waals surface area (Å²) in [6, 6.07) is 11.0. The van der Waals surface area contributed by atoms with E-state index < -0.39 is 12.1 Å². The Balaban J connectivity index is 1.84. The molecule has 3 rings (SSSR count). The quantitative estimate of drug-likeness (QED) is 0.941. The van der Waals surface area contributed by atoms with E-state index in [1.165, 1.54) is 12.0 Å². The summed E-state index contributed by atoms with van der Waals surface area (Å²) in [4.78, 5) is 27.3. The van der Waals surface area contributed by atoms with Gasteiger partial charge in [0.15, 0.2) is 0 Å². The molecule has 0 radical (unpaired) electrons. The summed E-state index contributed by atoms with van der Waals surface area (Å²) in [6.45, 7) is 0.935. The molecule has 0 unspecified atom stereocenters. The second-order valence-electron chi connectivity index (χ2n) is 5.31. The number of nitrogens with one attached hydrogen (secondary N) is 1. The summed E-state index contributed by atoms with van der Waals surface area (Å²) in [7, 11) is 1.34. The lowest BCUT2D eigenvalue weighted by Gasteiger charge is -2.35. The van der Waals surface area contributed by atoms with Crippen LogP contribution in [0.25, 0.3) is 0 Å². The van der Waals surface area contributed by atoms with Crippen LogP contribution in [0.15, 0.2) is 41.8 Å². The first-order chi connectivity index (χ1) is 11.2. The van der Waals surface area contributed by atoms with Gasteiger partial charge in [0.05, 0.1) is 13.7 Å². The summed E-state index contributed by atoms with van der Waals surface area (Å²) in [5.74, 6) is -0.184. The highest BCUT2D eigenvalue weighted by atomic mass is 32.1. The van der Waals surface area contributed by atoms with Crippen LogP contribution in [0.4, 0.5) is 4.79 Å². The largest absolute Gasteiger partial charge is 0.453 e. The number of hydrogen-bond acceptors (Lipinski definition) is 4. The maximum Gasteiger partial charge on any atom is 0.410 e. The molecule has 6 heteroatoms. The molecule has 2 amide bonds. The van der Waals surface area contributed by atoms with Crippen molar-refractivity contribution in [2.45, 2.75) is 19.0 Å². The van der Waals surface area contributed by atoms with Crippen LogP contribution < -0.4 is 5.32 Å². The first-order valence-corrected chi connectivity index (χ1v) is 8.31. The van der Waals surface area contributed by atoms with Crippen LogP contribution in [0.3, 0.4) is 0 Å². The van der Waals surface area contributed by atoms with Crippen LogP contribution in [0.1, 0.15) is 22.0 Å². The Hall–Kier alpha value is -2.34. The maximum absolute atomic E-state index is 12.7. The molecule has 0 aliphatic carbocycles. The van der Waals surface area contributed by atoms with Crippen molar-refractivity contribution in [2.75, 3.05) is 13.7 Å². The minimum absolute atomic E-state index is 0.184. The number of carbonyl (C=O) groups excluding carboxylic acids is 2. The van der Waals surface area contributed by atoms with Gasteiger partial charge in [-0.05, 0) is 29.0 Å². The Morgan fingerprint density at radius 1 is 1.30 bits per heavy atom. The summed E-state index contributed by atoms with van der Waals surface area (Å²) in [5.41, 5.74) is 1.97. The number of methoxy groups -OCH3 is 1. The maximum atomic E-state index is 12.7. The van der Waals surface area contributed by atoms with Crippen LogP contribution in [0.5, 0.6) is 0 Å². The minimum Gasteiger partial charge on any atom is -0.453 e. The van der Waals surface area contributed by atoms with E-state index in [0.717, 1.165) is 22.4 Å². The standard InChI is InChI=1S/C17H18N2O3S/c1-22-17(21)19-9-8-12-5-2-3-7-14(12)15(19)16(20)18-11-13-6-4-10-23-13/h2-7,10,15H,8-9,11H2,1H3,(H,18,20)/t15-/m1/s1. The van der Waals surface area contributed by atoms with E-state index in [0.29, 0.717) is 13.1 Å². The Morgan fingerprint density at radius 3 is 2.87 bits per heavy atom. The first kappa shape index (κ1) is 15.6. The van der Waals surface area contributed by atoms with Gasteiger partial charge >= 0.3 is 6.09 Å². The molecule has 120 valence electrons. The highest BCUT2D eigenvalue weighted by Gasteiger charge is 2.36. The molecular formula is C17H18N2O3S. The third kappa shape index (κ3) is 3.22. The summed E-state index contributed by atoms with van der Waals surface area (Å²) in [5, 5.41) is 4.90. The van der Waals surface area contributed by atoms with Gasteiger partial charge in [-0.25, -0.2) is 4.79 Å². The number of thiophene rings is 1. The highest BCUT2D eigenvalue weighted by molar-refractivity contribution is 7.09. The van der Waals surface area contributed by atoms with Crippen molar-refractivity contribution in [2.24, 2.45) is 0 Å². The highest BCUT2D eigenvalue weighted by Crippen LogP contribution is 2.30. The summed E-state index contributed by atoms with van der Waals surface area (Å²) >= 11 is 1.59. The van der Waals surface area contributed by atoms with Gasteiger partial charge in [-0.1, -0.05) is 30.3 Å². The van der Waals surface area contributed by atoms with Crippen molar-refractivity contribution < 1.29 is 14.3 Å². The van der Waals surface area contributed by atoms with Crippen molar-refractivity contribution in [3.8, 4) is 0 Å². The molecule has 1 N–H and O–H groups in total. The molecule has 0 fully saturated rings. The van der Waals surface area contributed by atoms with E-state index in [1.807, 2.05) is 41.8 Å². The summed E-state index contributed by atoms with van der Waals surface area (Å²) < 4.78 is 4.84. The van der Waals surface area contributed by atoms with Gasteiger partial charge in [0.1, 0.15) is 6.04 Å². The number of nitrogens with zero attached hydrogens (tertiary/aromatic N) is 1. The number of amides is 2. The normalized spacial score (nSPS) is 16.6. The lowest BCUT2D eigenvalue weighted by atomic mass is 9.92. The van der Waals surface area contributed by atoms with Crippen LogP contribution in [-0.4, -0.2) is 30.6 Å². The fourth-order valence-corrected chi connectivity index (χ4v) is 3.49. The number of ether oxygens (including phenoxy) is 1. The fraction of sp³-hybridized carbons (Fsp3) is 0.294. The molecule has 1 aliphatic heterocycles. The molecular weight excluding hydrogens is 312 g/mol. The van der Waals surface area contributed by atoms with E-state index in [9.17, 15) is 9.59 Å². The van der Waals surface area contributed by atoms with Gasteiger partial charge in [-0.3, -0.25) is 9.69 Å². The average molecular weight is 330 g/mol. The molecule has 1 aromatic heterocycles. The zero-order valence-electron chi connectivity index (χ0n) is 12.8. The van der Waals surface area contributed by atoms with Crippen LogP contribution in [0, 0.1) is 0 Å². The van der Waals surface area contributed by atoms with E-state index in [-0.39, 0.29) is 5.91 Å². The molecule has 2 aromatic rings. The monoisotopic (exact) mass is 330 g/mol. The van der Waals surface area contributed by atoms with Gasteiger partial charge < -0.3 is 10.1 Å². The molecule has 1 aliphatic rings. The molecule has 2 heterocycles. The third-order valence-corrected chi connectivity index (χ3v) is 4.83. The predicted octanol–water partition coefficient (Wildman–Crippen LogP) is 2.73. The van der Waals surface area contributed by atoms with Gasteiger partial charge in [-0.2, -0.15) is 0 Å². The van der Waals surface area contributed by atoms with Crippen molar-refractivity contribution in [3.63, 3.8) is 0 Å². The molecule has 0 saturated heterocycles. The number of benzene rings is 1. The van der Waals surface area contributed by atoms with Crippen LogP contribution >= 0.6 is 11.3 Å². The van der Waals surface area contributed by atoms with E-state index in [1.54, 1.807) is 11.3 Å². The number of fused-ring (bicyclic) bond motifs is 1. The molecule has 0 saturated carbocycles. The van der Waals surface area contributed by atoms with Crippen LogP contribution in [0.2, 0.25) is 0 Å². The zero-order valence-corrected chi connectivity index (χ0v) is 13.6. The zero-order chi connectivity index (χ0) is 16.2. The Labute approximate surface area is 138 Å². The smallest absolute Gasteiger partial charge is 0.410 e. The number of carbonyl (C=O) groups is 2. The molecule has 0 spiro atoms. The Bertz CT molecular complexity index is 700. The lowest BCUT2D eigenvalue weighted by molar-refractivity contribution is -0.126. The predicted molar refractivity (Wildman–Crippen MR) is 88.2 cm³/mol. The Morgan fingerprint density at radius 2 is 2.13 bits per heavy atom. The van der Waals surface area contributed by atoms with Gasteiger partial charge in [-0.15, -0.1) is 11.3 Å². The van der Waals surface area contributed by atoms with Gasteiger partial charge in [0.25, 0.3) is 0 Å². The van der Waals surface area contributed by atoms with E-state index in [2.05, 4.69) is 5.32 Å². The van der Waals surface area contributed by atoms with Crippen LogP contribution in [-0.2, 0) is 22.5 Å². The number of hydrogen-bond donors (Lipinski definition) is 1. The van der Waals surface area contributed by atoms with Gasteiger partial charge in [0, 0.05) is 11.4 Å². The molecule has 1 aromatic carbocycles. The third-order valence-electron chi connectivity index (χ3n) is 3.96. The molecule has 23 heavy (non-hydrogen) atoms. The molecule has 5 nitrogen and oxygen atoms in total. The fourth-order valence-electron chi connectivity index (χ4n) is 2.85. The molecule has 1 atom stereocenters. The van der Waals surface area contributed by atoms with Crippen molar-refractivity contribution >= 4 is 23.3 Å². The SMILES string of the molecule is COC(=O)N1CCc2ccccc2[C@@H]1C(=O)NCc1cccs1. The lowest BCUT2D eigenvalue weighted by Crippen LogP contribution is -2.47. The molecule has 0 bridgehead atoms. The van der Waals surface area contributed by atoms with Crippen molar-refractivity contribution in [3.05, 3.63) is 57.8 Å².